The van der Waals surface area contributed by atoms with Gasteiger partial charge in [-0.3, -0.25) is 0 Å². The normalized spacial score (nSPS) is 9.88. The second-order valence-corrected chi connectivity index (χ2v) is 2.67. The summed E-state index contributed by atoms with van der Waals surface area (Å²) in [6.07, 6.45) is -4.81. The molecule has 0 aliphatic carbocycles. The van der Waals surface area contributed by atoms with Gasteiger partial charge in [-0.1, -0.05) is 0 Å². The molecule has 1 rings (SSSR count). The summed E-state index contributed by atoms with van der Waals surface area (Å²) in [6.45, 7) is 0. The van der Waals surface area contributed by atoms with Gasteiger partial charge >= 0.3 is 6.36 Å². The highest BCUT2D eigenvalue weighted by atomic mass is 19.4. The lowest BCUT2D eigenvalue weighted by Gasteiger charge is -2.10. The molecule has 0 atom stereocenters. The second kappa shape index (κ2) is 4.45. The Morgan fingerprint density at radius 1 is 1.31 bits per heavy atom. The Bertz CT molecular complexity index is 492. The highest BCUT2D eigenvalue weighted by Gasteiger charge is 2.31. The van der Waals surface area contributed by atoms with Crippen molar-refractivity contribution in [1.29, 1.82) is 5.26 Å². The molecule has 0 saturated carbocycles. The topological polar surface area (TPSA) is 59.0 Å². The molecule has 2 N–H and O–H groups in total. The molecular weight excluding hydrogens is 221 g/mol. The summed E-state index contributed by atoms with van der Waals surface area (Å²) in [5.41, 5.74) is 5.52. The summed E-state index contributed by atoms with van der Waals surface area (Å²) in [7, 11) is 0. The molecule has 0 aliphatic heterocycles. The summed E-state index contributed by atoms with van der Waals surface area (Å²) in [5.74, 6) is 3.70. The molecule has 0 radical (unpaired) electrons. The van der Waals surface area contributed by atoms with Crippen LogP contribution in [0.2, 0.25) is 0 Å². The van der Waals surface area contributed by atoms with Gasteiger partial charge in [0.1, 0.15) is 5.75 Å². The van der Waals surface area contributed by atoms with Crippen molar-refractivity contribution >= 4 is 5.69 Å². The Morgan fingerprint density at radius 3 is 2.56 bits per heavy atom. The van der Waals surface area contributed by atoms with Gasteiger partial charge in [0.2, 0.25) is 0 Å². The van der Waals surface area contributed by atoms with Gasteiger partial charge in [0.25, 0.3) is 0 Å². The highest BCUT2D eigenvalue weighted by molar-refractivity contribution is 5.55. The fraction of sp³-hybridized carbons (Fsp3) is 0.100. The van der Waals surface area contributed by atoms with E-state index in [0.29, 0.717) is 0 Å². The van der Waals surface area contributed by atoms with Crippen LogP contribution in [0.4, 0.5) is 18.9 Å². The first-order valence-electron chi connectivity index (χ1n) is 3.98. The lowest BCUT2D eigenvalue weighted by Crippen LogP contribution is -2.17. The van der Waals surface area contributed by atoms with E-state index in [1.54, 1.807) is 0 Å². The molecule has 6 heteroatoms. The molecule has 0 spiro atoms. The van der Waals surface area contributed by atoms with E-state index < -0.39 is 12.1 Å². The number of nitrogens with two attached hydrogens (primary N) is 1. The maximum Gasteiger partial charge on any atom is 0.573 e. The number of rotatable bonds is 1. The van der Waals surface area contributed by atoms with Crippen molar-refractivity contribution in [1.82, 2.24) is 0 Å². The molecule has 1 aromatic carbocycles. The number of nitrogens with zero attached hydrogens (tertiary/aromatic N) is 1. The standard InChI is InChI=1S/C10H5F3N2O/c11-10(12,13)16-9-4-3-8(15)6-7(9)2-1-5-14/h3-4,6H,15H2. The predicted molar refractivity (Wildman–Crippen MR) is 50.0 cm³/mol. The van der Waals surface area contributed by atoms with Gasteiger partial charge in [0.05, 0.1) is 5.56 Å². The van der Waals surface area contributed by atoms with E-state index in [0.717, 1.165) is 6.07 Å². The van der Waals surface area contributed by atoms with Crippen molar-refractivity contribution in [3.63, 3.8) is 0 Å². The number of nitriles is 1. The summed E-state index contributed by atoms with van der Waals surface area (Å²) in [6, 6.07) is 4.98. The number of hydrogen-bond donors (Lipinski definition) is 1. The number of benzene rings is 1. The number of ether oxygens (including phenoxy) is 1. The monoisotopic (exact) mass is 226 g/mol. The molecule has 0 heterocycles. The van der Waals surface area contributed by atoms with Crippen molar-refractivity contribution in [2.75, 3.05) is 5.73 Å². The Balaban J connectivity index is 3.14. The fourth-order valence-corrected chi connectivity index (χ4v) is 0.954. The molecule has 0 bridgehead atoms. The molecular formula is C10H5F3N2O. The van der Waals surface area contributed by atoms with Crippen LogP contribution >= 0.6 is 0 Å². The van der Waals surface area contributed by atoms with Gasteiger partial charge in [-0.25, -0.2) is 0 Å². The molecule has 1 aromatic rings. The summed E-state index contributed by atoms with van der Waals surface area (Å²) < 4.78 is 39.6. The third-order valence-corrected chi connectivity index (χ3v) is 1.48. The van der Waals surface area contributed by atoms with Crippen LogP contribution in [0.3, 0.4) is 0 Å². The quantitative estimate of drug-likeness (QED) is 0.588. The van der Waals surface area contributed by atoms with E-state index in [2.05, 4.69) is 10.7 Å². The van der Waals surface area contributed by atoms with Crippen molar-refractivity contribution < 1.29 is 17.9 Å². The molecule has 0 aromatic heterocycles. The maximum absolute atomic E-state index is 12.0. The molecule has 82 valence electrons. The minimum atomic E-state index is -4.81. The van der Waals surface area contributed by atoms with E-state index in [1.165, 1.54) is 18.2 Å². The highest BCUT2D eigenvalue weighted by Crippen LogP contribution is 2.27. The Kier molecular flexibility index (Phi) is 3.27. The third-order valence-electron chi connectivity index (χ3n) is 1.48. The minimum absolute atomic E-state index is 0.0844. The van der Waals surface area contributed by atoms with Crippen LogP contribution in [-0.4, -0.2) is 6.36 Å². The average Bonchev–Trinajstić information content (AvgIpc) is 2.16. The number of nitrogen functional groups attached to an aromatic ring is 1. The lowest BCUT2D eigenvalue weighted by molar-refractivity contribution is -0.274. The third kappa shape index (κ3) is 3.43. The van der Waals surface area contributed by atoms with Crippen LogP contribution in [0.25, 0.3) is 0 Å². The Morgan fingerprint density at radius 2 is 2.00 bits per heavy atom. The molecule has 0 fully saturated rings. The van der Waals surface area contributed by atoms with E-state index in [1.807, 2.05) is 5.92 Å². The zero-order chi connectivity index (χ0) is 12.2. The zero-order valence-corrected chi connectivity index (χ0v) is 7.80. The van der Waals surface area contributed by atoms with Crippen LogP contribution in [-0.2, 0) is 0 Å². The first kappa shape index (κ1) is 11.7. The van der Waals surface area contributed by atoms with Gasteiger partial charge in [-0.15, -0.1) is 13.2 Å². The van der Waals surface area contributed by atoms with Gasteiger partial charge in [0, 0.05) is 11.6 Å². The van der Waals surface area contributed by atoms with Gasteiger partial charge in [-0.2, -0.15) is 5.26 Å². The lowest BCUT2D eigenvalue weighted by atomic mass is 10.2. The number of anilines is 1. The first-order valence-corrected chi connectivity index (χ1v) is 3.98. The fourth-order valence-electron chi connectivity index (χ4n) is 0.954. The Hall–Kier alpha value is -2.34. The van der Waals surface area contributed by atoms with Crippen molar-refractivity contribution in [3.8, 4) is 23.7 Å². The smallest absolute Gasteiger partial charge is 0.404 e. The van der Waals surface area contributed by atoms with Crippen LogP contribution in [0.1, 0.15) is 5.56 Å². The van der Waals surface area contributed by atoms with Crippen LogP contribution in [0.15, 0.2) is 18.2 Å². The van der Waals surface area contributed by atoms with E-state index in [-0.39, 0.29) is 11.3 Å². The van der Waals surface area contributed by atoms with Crippen molar-refractivity contribution in [2.45, 2.75) is 6.36 Å². The first-order chi connectivity index (χ1) is 7.42. The second-order valence-electron chi connectivity index (χ2n) is 2.67. The molecule has 0 saturated heterocycles. The van der Waals surface area contributed by atoms with Crippen molar-refractivity contribution in [2.24, 2.45) is 0 Å². The van der Waals surface area contributed by atoms with Gasteiger partial charge < -0.3 is 10.5 Å². The van der Waals surface area contributed by atoms with Crippen LogP contribution in [0.5, 0.6) is 5.75 Å². The van der Waals surface area contributed by atoms with Crippen molar-refractivity contribution in [3.05, 3.63) is 23.8 Å². The molecule has 16 heavy (non-hydrogen) atoms. The SMILES string of the molecule is N#CC#Cc1cc(N)ccc1OC(F)(F)F. The Labute approximate surface area is 89.2 Å². The zero-order valence-electron chi connectivity index (χ0n) is 7.80. The van der Waals surface area contributed by atoms with Crippen LogP contribution in [0, 0.1) is 23.2 Å². The summed E-state index contributed by atoms with van der Waals surface area (Å²) in [5, 5.41) is 8.20. The minimum Gasteiger partial charge on any atom is -0.404 e. The van der Waals surface area contributed by atoms with E-state index in [4.69, 9.17) is 11.0 Å². The number of hydrogen-bond acceptors (Lipinski definition) is 3. The van der Waals surface area contributed by atoms with Gasteiger partial charge in [-0.05, 0) is 24.1 Å². The molecule has 0 unspecified atom stereocenters. The van der Waals surface area contributed by atoms with Gasteiger partial charge in [0.15, 0.2) is 6.07 Å². The molecule has 0 amide bonds. The average molecular weight is 226 g/mol. The number of alkyl halides is 3. The molecule has 0 aliphatic rings. The maximum atomic E-state index is 12.0. The largest absolute Gasteiger partial charge is 0.573 e. The molecule has 3 nitrogen and oxygen atoms in total. The number of halogens is 3. The predicted octanol–water partition coefficient (Wildman–Crippen LogP) is 2.04. The van der Waals surface area contributed by atoms with E-state index >= 15 is 0 Å². The summed E-state index contributed by atoms with van der Waals surface area (Å²) in [4.78, 5) is 0. The van der Waals surface area contributed by atoms with E-state index in [9.17, 15) is 13.2 Å². The van der Waals surface area contributed by atoms with Crippen LogP contribution < -0.4 is 10.5 Å². The summed E-state index contributed by atoms with van der Waals surface area (Å²) >= 11 is 0.